The van der Waals surface area contributed by atoms with Gasteiger partial charge in [0.1, 0.15) is 0 Å². The largest absolute Gasteiger partial charge is 0.389 e. The number of hydrogen-bond donors (Lipinski definition) is 3. The molecule has 0 saturated carbocycles. The van der Waals surface area contributed by atoms with Crippen molar-refractivity contribution in [3.05, 3.63) is 47.8 Å². The molecule has 0 spiro atoms. The van der Waals surface area contributed by atoms with E-state index in [0.717, 1.165) is 5.56 Å². The number of sulfonamides is 1. The SMILES string of the molecule is CC(O)c1cccc(S(=O)(=O)NCc2cn[nH]c2)c1. The topological polar surface area (TPSA) is 95.1 Å². The van der Waals surface area contributed by atoms with Crippen LogP contribution in [0, 0.1) is 0 Å². The lowest BCUT2D eigenvalue weighted by Crippen LogP contribution is -2.23. The predicted octanol–water partition coefficient (Wildman–Crippen LogP) is 0.942. The summed E-state index contributed by atoms with van der Waals surface area (Å²) >= 11 is 0. The van der Waals surface area contributed by atoms with Gasteiger partial charge in [-0.1, -0.05) is 12.1 Å². The summed E-state index contributed by atoms with van der Waals surface area (Å²) < 4.78 is 26.6. The van der Waals surface area contributed by atoms with Gasteiger partial charge in [-0.2, -0.15) is 5.10 Å². The first-order valence-corrected chi connectivity index (χ1v) is 7.23. The second-order valence-corrected chi connectivity index (χ2v) is 5.95. The van der Waals surface area contributed by atoms with E-state index in [1.807, 2.05) is 0 Å². The van der Waals surface area contributed by atoms with E-state index in [4.69, 9.17) is 0 Å². The smallest absolute Gasteiger partial charge is 0.240 e. The van der Waals surface area contributed by atoms with Crippen LogP contribution >= 0.6 is 0 Å². The minimum Gasteiger partial charge on any atom is -0.389 e. The molecule has 0 aliphatic heterocycles. The highest BCUT2D eigenvalue weighted by Gasteiger charge is 2.15. The van der Waals surface area contributed by atoms with E-state index in [0.29, 0.717) is 5.56 Å². The van der Waals surface area contributed by atoms with Crippen molar-refractivity contribution in [3.63, 3.8) is 0 Å². The van der Waals surface area contributed by atoms with Crippen LogP contribution in [0.25, 0.3) is 0 Å². The first-order chi connectivity index (χ1) is 8.99. The molecule has 3 N–H and O–H groups in total. The van der Waals surface area contributed by atoms with Crippen molar-refractivity contribution < 1.29 is 13.5 Å². The molecule has 0 aliphatic rings. The minimum atomic E-state index is -3.60. The molecule has 2 rings (SSSR count). The number of rotatable bonds is 5. The Bertz CT molecular complexity index is 636. The number of H-pyrrole nitrogens is 1. The number of aliphatic hydroxyl groups excluding tert-OH is 1. The lowest BCUT2D eigenvalue weighted by atomic mass is 10.1. The molecule has 0 bridgehead atoms. The highest BCUT2D eigenvalue weighted by Crippen LogP contribution is 2.17. The van der Waals surface area contributed by atoms with Gasteiger partial charge in [-0.3, -0.25) is 5.10 Å². The molecule has 0 saturated heterocycles. The Labute approximate surface area is 111 Å². The van der Waals surface area contributed by atoms with E-state index >= 15 is 0 Å². The van der Waals surface area contributed by atoms with Crippen molar-refractivity contribution in [1.82, 2.24) is 14.9 Å². The van der Waals surface area contributed by atoms with Gasteiger partial charge in [-0.15, -0.1) is 0 Å². The monoisotopic (exact) mass is 281 g/mol. The van der Waals surface area contributed by atoms with Crippen LogP contribution in [0.2, 0.25) is 0 Å². The third-order valence-corrected chi connectivity index (χ3v) is 4.07. The molecule has 102 valence electrons. The summed E-state index contributed by atoms with van der Waals surface area (Å²) in [5.41, 5.74) is 1.31. The Morgan fingerprint density at radius 2 is 2.26 bits per heavy atom. The first kappa shape index (κ1) is 13.7. The summed E-state index contributed by atoms with van der Waals surface area (Å²) in [6, 6.07) is 6.24. The highest BCUT2D eigenvalue weighted by atomic mass is 32.2. The summed E-state index contributed by atoms with van der Waals surface area (Å²) in [6.07, 6.45) is 2.47. The standard InChI is InChI=1S/C12H15N3O3S/c1-9(16)11-3-2-4-12(5-11)19(17,18)15-8-10-6-13-14-7-10/h2-7,9,15-16H,8H2,1H3,(H,13,14). The fourth-order valence-electron chi connectivity index (χ4n) is 1.58. The van der Waals surface area contributed by atoms with Gasteiger partial charge in [0.05, 0.1) is 17.2 Å². The number of nitrogens with one attached hydrogen (secondary N) is 2. The average molecular weight is 281 g/mol. The first-order valence-electron chi connectivity index (χ1n) is 5.74. The van der Waals surface area contributed by atoms with Crippen molar-refractivity contribution in [2.24, 2.45) is 0 Å². The van der Waals surface area contributed by atoms with Crippen molar-refractivity contribution in [1.29, 1.82) is 0 Å². The molecule has 7 heteroatoms. The summed E-state index contributed by atoms with van der Waals surface area (Å²) in [5.74, 6) is 0. The van der Waals surface area contributed by atoms with Crippen LogP contribution in [-0.4, -0.2) is 23.7 Å². The summed E-state index contributed by atoms with van der Waals surface area (Å²) in [7, 11) is -3.60. The Morgan fingerprint density at radius 1 is 1.47 bits per heavy atom. The Hall–Kier alpha value is -1.70. The van der Waals surface area contributed by atoms with Crippen molar-refractivity contribution >= 4 is 10.0 Å². The molecule has 0 fully saturated rings. The van der Waals surface area contributed by atoms with Crippen LogP contribution in [0.4, 0.5) is 0 Å². The highest BCUT2D eigenvalue weighted by molar-refractivity contribution is 7.89. The van der Waals surface area contributed by atoms with Gasteiger partial charge in [0, 0.05) is 18.3 Å². The quantitative estimate of drug-likeness (QED) is 0.760. The van der Waals surface area contributed by atoms with Gasteiger partial charge < -0.3 is 5.11 Å². The molecule has 0 radical (unpaired) electrons. The van der Waals surface area contributed by atoms with Crippen LogP contribution in [0.1, 0.15) is 24.2 Å². The number of nitrogens with zero attached hydrogens (tertiary/aromatic N) is 1. The molecule has 1 unspecified atom stereocenters. The van der Waals surface area contributed by atoms with Crippen LogP contribution in [0.5, 0.6) is 0 Å². The maximum Gasteiger partial charge on any atom is 0.240 e. The van der Waals surface area contributed by atoms with Gasteiger partial charge in [0.15, 0.2) is 0 Å². The second kappa shape index (κ2) is 5.52. The molecular weight excluding hydrogens is 266 g/mol. The van der Waals surface area contributed by atoms with E-state index in [1.54, 1.807) is 31.5 Å². The van der Waals surface area contributed by atoms with Gasteiger partial charge in [-0.05, 0) is 24.6 Å². The molecule has 2 aromatic rings. The maximum atomic E-state index is 12.1. The molecular formula is C12H15N3O3S. The molecule has 1 aromatic heterocycles. The van der Waals surface area contributed by atoms with Gasteiger partial charge in [-0.25, -0.2) is 13.1 Å². The van der Waals surface area contributed by atoms with Gasteiger partial charge >= 0.3 is 0 Å². The molecule has 0 aliphatic carbocycles. The third-order valence-electron chi connectivity index (χ3n) is 2.67. The van der Waals surface area contributed by atoms with Crippen LogP contribution in [0.3, 0.4) is 0 Å². The van der Waals surface area contributed by atoms with Crippen LogP contribution in [0.15, 0.2) is 41.6 Å². The number of aliphatic hydroxyl groups is 1. The van der Waals surface area contributed by atoms with E-state index in [2.05, 4.69) is 14.9 Å². The zero-order valence-corrected chi connectivity index (χ0v) is 11.2. The second-order valence-electron chi connectivity index (χ2n) is 4.18. The van der Waals surface area contributed by atoms with Crippen LogP contribution < -0.4 is 4.72 Å². The van der Waals surface area contributed by atoms with E-state index in [9.17, 15) is 13.5 Å². The van der Waals surface area contributed by atoms with Gasteiger partial charge in [0.25, 0.3) is 0 Å². The Kier molecular flexibility index (Phi) is 3.98. The molecule has 1 heterocycles. The lowest BCUT2D eigenvalue weighted by Gasteiger charge is -2.09. The van der Waals surface area contributed by atoms with Crippen molar-refractivity contribution in [2.45, 2.75) is 24.5 Å². The number of benzene rings is 1. The number of hydrogen-bond acceptors (Lipinski definition) is 4. The maximum absolute atomic E-state index is 12.1. The lowest BCUT2D eigenvalue weighted by molar-refractivity contribution is 0.199. The van der Waals surface area contributed by atoms with E-state index < -0.39 is 16.1 Å². The molecule has 6 nitrogen and oxygen atoms in total. The fraction of sp³-hybridized carbons (Fsp3) is 0.250. The molecule has 0 amide bonds. The van der Waals surface area contributed by atoms with Crippen molar-refractivity contribution in [2.75, 3.05) is 0 Å². The minimum absolute atomic E-state index is 0.134. The van der Waals surface area contributed by atoms with E-state index in [-0.39, 0.29) is 11.4 Å². The fourth-order valence-corrected chi connectivity index (χ4v) is 2.65. The zero-order valence-electron chi connectivity index (χ0n) is 10.4. The Balaban J connectivity index is 2.17. The summed E-state index contributed by atoms with van der Waals surface area (Å²) in [5, 5.41) is 15.8. The number of aromatic amines is 1. The van der Waals surface area contributed by atoms with Crippen molar-refractivity contribution in [3.8, 4) is 0 Å². The molecule has 1 aromatic carbocycles. The molecule has 19 heavy (non-hydrogen) atoms. The summed E-state index contributed by atoms with van der Waals surface area (Å²) in [6.45, 7) is 1.75. The number of aromatic nitrogens is 2. The zero-order chi connectivity index (χ0) is 13.9. The van der Waals surface area contributed by atoms with Gasteiger partial charge in [0.2, 0.25) is 10.0 Å². The third kappa shape index (κ3) is 3.40. The molecule has 1 atom stereocenters. The predicted molar refractivity (Wildman–Crippen MR) is 69.7 cm³/mol. The average Bonchev–Trinajstić information content (AvgIpc) is 2.90. The van der Waals surface area contributed by atoms with E-state index in [1.165, 1.54) is 12.1 Å². The summed E-state index contributed by atoms with van der Waals surface area (Å²) in [4.78, 5) is 0.134. The normalized spacial score (nSPS) is 13.4. The Morgan fingerprint density at radius 3 is 2.89 bits per heavy atom. The van der Waals surface area contributed by atoms with Crippen LogP contribution in [-0.2, 0) is 16.6 Å².